The van der Waals surface area contributed by atoms with Crippen LogP contribution in [0.25, 0.3) is 10.9 Å². The second-order valence-corrected chi connectivity index (χ2v) is 10.8. The number of ketones is 1. The zero-order valence-corrected chi connectivity index (χ0v) is 21.1. The first-order valence-corrected chi connectivity index (χ1v) is 13.0. The van der Waals surface area contributed by atoms with Crippen molar-refractivity contribution in [3.8, 4) is 5.75 Å². The molecule has 0 radical (unpaired) electrons. The number of carbonyl (C=O) groups is 1. The van der Waals surface area contributed by atoms with E-state index in [-0.39, 0.29) is 10.7 Å². The molecule has 1 heterocycles. The van der Waals surface area contributed by atoms with E-state index in [4.69, 9.17) is 16.3 Å². The smallest absolute Gasteiger partial charge is 0.191 e. The van der Waals surface area contributed by atoms with Crippen LogP contribution in [0.4, 0.5) is 10.1 Å². The Hall–Kier alpha value is -3.36. The number of nitrogens with one attached hydrogen (secondary N) is 2. The first-order valence-electron chi connectivity index (χ1n) is 10.7. The molecule has 2 N–H and O–H groups in total. The van der Waals surface area contributed by atoms with Gasteiger partial charge < -0.3 is 15.0 Å². The summed E-state index contributed by atoms with van der Waals surface area (Å²) in [6.07, 6.45) is 2.69. The number of aryl methyl sites for hydroxylation is 2. The Balaban J connectivity index is 1.86. The lowest BCUT2D eigenvalue weighted by molar-refractivity contribution is 0.0971. The normalized spacial score (nSPS) is 12.5. The van der Waals surface area contributed by atoms with E-state index < -0.39 is 21.7 Å². The molecule has 6 nitrogen and oxygen atoms in total. The molecule has 182 valence electrons. The zero-order chi connectivity index (χ0) is 25.5. The van der Waals surface area contributed by atoms with Crippen LogP contribution in [-0.2, 0) is 9.84 Å². The Labute approximate surface area is 208 Å². The minimum absolute atomic E-state index is 0.0377. The average Bonchev–Trinajstić information content (AvgIpc) is 3.24. The van der Waals surface area contributed by atoms with Crippen molar-refractivity contribution in [3.05, 3.63) is 87.8 Å². The maximum Gasteiger partial charge on any atom is 0.191 e. The van der Waals surface area contributed by atoms with E-state index >= 15 is 0 Å². The van der Waals surface area contributed by atoms with Crippen molar-refractivity contribution in [2.24, 2.45) is 0 Å². The Morgan fingerprint density at radius 3 is 2.49 bits per heavy atom. The minimum Gasteiger partial charge on any atom is -0.497 e. The van der Waals surface area contributed by atoms with Crippen LogP contribution in [0.5, 0.6) is 5.75 Å². The molecule has 0 fully saturated rings. The Morgan fingerprint density at radius 1 is 1.09 bits per heavy atom. The molecule has 1 atom stereocenters. The molecule has 3 aromatic carbocycles. The predicted molar refractivity (Wildman–Crippen MR) is 136 cm³/mol. The van der Waals surface area contributed by atoms with Crippen LogP contribution < -0.4 is 10.1 Å². The van der Waals surface area contributed by atoms with E-state index in [1.807, 2.05) is 19.1 Å². The molecule has 0 saturated heterocycles. The van der Waals surface area contributed by atoms with Gasteiger partial charge in [-0.05, 0) is 54.8 Å². The number of ether oxygens (including phenoxy) is 1. The number of anilines is 1. The molecule has 0 aliphatic rings. The third kappa shape index (κ3) is 4.90. The molecule has 0 spiro atoms. The molecular weight excluding hydrogens is 491 g/mol. The second-order valence-electron chi connectivity index (χ2n) is 8.43. The molecule has 35 heavy (non-hydrogen) atoms. The summed E-state index contributed by atoms with van der Waals surface area (Å²) in [6, 6.07) is 11.3. The van der Waals surface area contributed by atoms with Crippen molar-refractivity contribution in [1.82, 2.24) is 4.98 Å². The molecule has 9 heteroatoms. The van der Waals surface area contributed by atoms with Gasteiger partial charge in [-0.3, -0.25) is 4.79 Å². The fraction of sp³-hybridized carbons (Fsp3) is 0.192. The van der Waals surface area contributed by atoms with Crippen LogP contribution >= 0.6 is 11.6 Å². The first kappa shape index (κ1) is 24.8. The quantitative estimate of drug-likeness (QED) is 0.294. The van der Waals surface area contributed by atoms with E-state index in [1.54, 1.807) is 25.3 Å². The van der Waals surface area contributed by atoms with Gasteiger partial charge in [-0.2, -0.15) is 0 Å². The van der Waals surface area contributed by atoms with Gasteiger partial charge in [0.15, 0.2) is 15.6 Å². The Kier molecular flexibility index (Phi) is 6.62. The highest BCUT2D eigenvalue weighted by molar-refractivity contribution is 7.90. The number of Topliss-reactive ketones (excluding diaryl/α,β-unsaturated/α-hetero) is 1. The molecule has 1 aromatic heterocycles. The summed E-state index contributed by atoms with van der Waals surface area (Å²) in [7, 11) is -2.12. The lowest BCUT2D eigenvalue weighted by Gasteiger charge is -2.22. The van der Waals surface area contributed by atoms with Crippen molar-refractivity contribution in [1.29, 1.82) is 0 Å². The zero-order valence-electron chi connectivity index (χ0n) is 19.6. The highest BCUT2D eigenvalue weighted by atomic mass is 35.5. The van der Waals surface area contributed by atoms with Crippen LogP contribution in [-0.4, -0.2) is 32.6 Å². The van der Waals surface area contributed by atoms with Crippen LogP contribution in [0.15, 0.2) is 59.6 Å². The maximum absolute atomic E-state index is 13.9. The highest BCUT2D eigenvalue weighted by Crippen LogP contribution is 2.34. The lowest BCUT2D eigenvalue weighted by atomic mass is 9.93. The van der Waals surface area contributed by atoms with Crippen molar-refractivity contribution in [3.63, 3.8) is 0 Å². The summed E-state index contributed by atoms with van der Waals surface area (Å²) in [4.78, 5) is 17.0. The van der Waals surface area contributed by atoms with Crippen molar-refractivity contribution >= 4 is 43.8 Å². The summed E-state index contributed by atoms with van der Waals surface area (Å²) >= 11 is 6.44. The summed E-state index contributed by atoms with van der Waals surface area (Å²) in [5, 5.41) is 4.33. The predicted octanol–water partition coefficient (Wildman–Crippen LogP) is 6.03. The number of aromatic amines is 1. The minimum atomic E-state index is -3.55. The van der Waals surface area contributed by atoms with Gasteiger partial charge in [0.1, 0.15) is 17.6 Å². The number of hydrogen-bond acceptors (Lipinski definition) is 5. The number of fused-ring (bicyclic) bond motifs is 1. The fourth-order valence-electron chi connectivity index (χ4n) is 4.03. The molecule has 0 amide bonds. The van der Waals surface area contributed by atoms with Gasteiger partial charge in [0.25, 0.3) is 0 Å². The Bertz CT molecular complexity index is 1560. The van der Waals surface area contributed by atoms with Crippen LogP contribution in [0.3, 0.4) is 0 Å². The summed E-state index contributed by atoms with van der Waals surface area (Å²) < 4.78 is 43.6. The average molecular weight is 515 g/mol. The van der Waals surface area contributed by atoms with Gasteiger partial charge in [-0.1, -0.05) is 29.8 Å². The van der Waals surface area contributed by atoms with Gasteiger partial charge in [0, 0.05) is 35.2 Å². The number of H-pyrrole nitrogens is 1. The third-order valence-corrected chi connectivity index (χ3v) is 7.49. The van der Waals surface area contributed by atoms with Gasteiger partial charge in [0.2, 0.25) is 0 Å². The first-order chi connectivity index (χ1) is 16.5. The van der Waals surface area contributed by atoms with Gasteiger partial charge in [0.05, 0.1) is 22.5 Å². The van der Waals surface area contributed by atoms with Crippen molar-refractivity contribution in [2.45, 2.75) is 24.8 Å². The fourth-order valence-corrected chi connectivity index (χ4v) is 4.92. The summed E-state index contributed by atoms with van der Waals surface area (Å²) in [5.41, 5.74) is 3.39. The van der Waals surface area contributed by atoms with Crippen molar-refractivity contribution < 1.29 is 22.3 Å². The number of aromatic nitrogens is 1. The maximum atomic E-state index is 13.9. The largest absolute Gasteiger partial charge is 0.497 e. The molecule has 0 aliphatic carbocycles. The van der Waals surface area contributed by atoms with Gasteiger partial charge in [-0.15, -0.1) is 0 Å². The van der Waals surface area contributed by atoms with Crippen LogP contribution in [0.2, 0.25) is 5.02 Å². The highest BCUT2D eigenvalue weighted by Gasteiger charge is 2.27. The molecule has 0 aliphatic heterocycles. The Morgan fingerprint density at radius 2 is 1.83 bits per heavy atom. The van der Waals surface area contributed by atoms with E-state index in [9.17, 15) is 17.6 Å². The molecule has 0 bridgehead atoms. The molecule has 1 unspecified atom stereocenters. The van der Waals surface area contributed by atoms with Crippen LogP contribution in [0, 0.1) is 19.7 Å². The summed E-state index contributed by atoms with van der Waals surface area (Å²) in [5.74, 6) is -0.408. The monoisotopic (exact) mass is 514 g/mol. The number of methoxy groups -OCH3 is 1. The SMILES string of the molecule is COc1cc(NC(C(=O)c2c[nH]c3c(Cl)c(C)ccc23)c2ccc(F)cc2C)cc(S(C)(=O)=O)c1. The number of carbonyl (C=O) groups excluding carboxylic acids is 1. The number of hydrogen-bond donors (Lipinski definition) is 2. The van der Waals surface area contributed by atoms with E-state index in [0.29, 0.717) is 44.1 Å². The molecular formula is C26H24ClFN2O4S. The molecule has 4 rings (SSSR count). The third-order valence-electron chi connectivity index (χ3n) is 5.91. The number of sulfone groups is 1. The molecule has 4 aromatic rings. The van der Waals surface area contributed by atoms with Gasteiger partial charge >= 0.3 is 0 Å². The number of rotatable bonds is 7. The standard InChI is InChI=1S/C26H24ClFN2O4S/c1-14-5-7-21-22(13-29-24(21)23(14)27)26(31)25(20-8-6-16(28)9-15(20)2)30-17-10-18(34-3)12-19(11-17)35(4,32)33/h5-13,25,29-30H,1-4H3. The van der Waals surface area contributed by atoms with E-state index in [0.717, 1.165) is 11.8 Å². The second kappa shape index (κ2) is 9.36. The van der Waals surface area contributed by atoms with E-state index in [2.05, 4.69) is 10.3 Å². The lowest BCUT2D eigenvalue weighted by Crippen LogP contribution is -2.22. The van der Waals surface area contributed by atoms with E-state index in [1.165, 1.54) is 31.4 Å². The molecule has 0 saturated carbocycles. The number of halogens is 2. The van der Waals surface area contributed by atoms with Crippen LogP contribution in [0.1, 0.15) is 33.1 Å². The topological polar surface area (TPSA) is 88.3 Å². The summed E-state index contributed by atoms with van der Waals surface area (Å²) in [6.45, 7) is 3.59. The van der Waals surface area contributed by atoms with Gasteiger partial charge in [-0.25, -0.2) is 12.8 Å². The number of benzene rings is 3. The van der Waals surface area contributed by atoms with Crippen molar-refractivity contribution in [2.75, 3.05) is 18.7 Å².